The molecule has 0 bridgehead atoms. The molecular weight excluding hydrogens is 273 g/mol. The minimum absolute atomic E-state index is 0.146. The second-order valence-electron chi connectivity index (χ2n) is 4.78. The highest BCUT2D eigenvalue weighted by Crippen LogP contribution is 2.32. The molecule has 0 atom stereocenters. The lowest BCUT2D eigenvalue weighted by molar-refractivity contribution is -0.125. The summed E-state index contributed by atoms with van der Waals surface area (Å²) in [6, 6.07) is 6.07. The number of halogens is 1. The van der Waals surface area contributed by atoms with Crippen LogP contribution in [0, 0.1) is 11.2 Å². The highest BCUT2D eigenvalue weighted by Gasteiger charge is 2.43. The molecule has 0 aliphatic carbocycles. The zero-order valence-electron chi connectivity index (χ0n) is 12.6. The Labute approximate surface area is 124 Å². The van der Waals surface area contributed by atoms with E-state index in [0.717, 1.165) is 0 Å². The minimum Gasteiger partial charge on any atom is -0.409 e. The van der Waals surface area contributed by atoms with Crippen LogP contribution in [0.2, 0.25) is 0 Å². The summed E-state index contributed by atoms with van der Waals surface area (Å²) in [7, 11) is 0. The molecule has 1 amide bonds. The lowest BCUT2D eigenvalue weighted by Gasteiger charge is -2.34. The first-order valence-electron chi connectivity index (χ1n) is 7.02. The van der Waals surface area contributed by atoms with Gasteiger partial charge in [0.05, 0.1) is 5.69 Å². The van der Waals surface area contributed by atoms with Gasteiger partial charge in [0.2, 0.25) is 5.91 Å². The molecule has 0 radical (unpaired) electrons. The van der Waals surface area contributed by atoms with Crippen molar-refractivity contribution >= 4 is 17.4 Å². The predicted molar refractivity (Wildman–Crippen MR) is 80.9 cm³/mol. The van der Waals surface area contributed by atoms with Crippen molar-refractivity contribution in [2.45, 2.75) is 33.6 Å². The molecule has 0 aliphatic rings. The molecule has 3 N–H and O–H groups in total. The van der Waals surface area contributed by atoms with Crippen LogP contribution in [0.25, 0.3) is 0 Å². The van der Waals surface area contributed by atoms with Crippen molar-refractivity contribution in [1.82, 2.24) is 0 Å². The Kier molecular flexibility index (Phi) is 5.69. The predicted octanol–water partition coefficient (Wildman–Crippen LogP) is 2.73. The lowest BCUT2D eigenvalue weighted by atomic mass is 9.79. The van der Waals surface area contributed by atoms with Gasteiger partial charge in [-0.1, -0.05) is 31.1 Å². The molecule has 0 fully saturated rings. The van der Waals surface area contributed by atoms with Gasteiger partial charge >= 0.3 is 0 Å². The summed E-state index contributed by atoms with van der Waals surface area (Å²) in [5.74, 6) is -0.990. The first-order valence-corrected chi connectivity index (χ1v) is 7.02. The smallest absolute Gasteiger partial charge is 0.240 e. The van der Waals surface area contributed by atoms with Crippen molar-refractivity contribution < 1.29 is 14.4 Å². The molecule has 0 spiro atoms. The highest BCUT2D eigenvalue weighted by molar-refractivity contribution is 6.12. The molecule has 0 saturated carbocycles. The summed E-state index contributed by atoms with van der Waals surface area (Å²) in [5.41, 5.74) is 4.81. The number of oxime groups is 1. The van der Waals surface area contributed by atoms with E-state index >= 15 is 0 Å². The van der Waals surface area contributed by atoms with Gasteiger partial charge in [0.15, 0.2) is 5.84 Å². The zero-order chi connectivity index (χ0) is 16.0. The third-order valence-corrected chi connectivity index (χ3v) is 3.92. The zero-order valence-corrected chi connectivity index (χ0v) is 12.6. The number of carbonyl (C=O) groups excluding carboxylic acids is 1. The number of rotatable bonds is 6. The molecule has 6 heteroatoms. The van der Waals surface area contributed by atoms with Gasteiger partial charge in [-0.25, -0.2) is 4.39 Å². The average Bonchev–Trinajstić information content (AvgIpc) is 2.51. The van der Waals surface area contributed by atoms with Crippen LogP contribution < -0.4 is 10.6 Å². The minimum atomic E-state index is -1.13. The van der Waals surface area contributed by atoms with Gasteiger partial charge in [0, 0.05) is 6.54 Å². The van der Waals surface area contributed by atoms with Crippen LogP contribution in [0.4, 0.5) is 10.1 Å². The summed E-state index contributed by atoms with van der Waals surface area (Å²) in [6.45, 7) is 5.62. The Balaban J connectivity index is 3.33. The fourth-order valence-electron chi connectivity index (χ4n) is 2.47. The summed E-state index contributed by atoms with van der Waals surface area (Å²) in [4.78, 5) is 14.2. The molecule has 116 valence electrons. The molecule has 1 rings (SSSR count). The van der Waals surface area contributed by atoms with Gasteiger partial charge in [-0.3, -0.25) is 4.79 Å². The highest BCUT2D eigenvalue weighted by atomic mass is 19.1. The normalized spacial score (nSPS) is 12.3. The van der Waals surface area contributed by atoms with Crippen LogP contribution >= 0.6 is 0 Å². The first kappa shape index (κ1) is 16.9. The van der Waals surface area contributed by atoms with Gasteiger partial charge in [0.1, 0.15) is 11.2 Å². The maximum Gasteiger partial charge on any atom is 0.240 e. The number of carbonyl (C=O) groups is 1. The number of anilines is 1. The van der Waals surface area contributed by atoms with E-state index in [2.05, 4.69) is 5.16 Å². The average molecular weight is 295 g/mol. The summed E-state index contributed by atoms with van der Waals surface area (Å²) in [5, 5.41) is 12.0. The van der Waals surface area contributed by atoms with E-state index in [4.69, 9.17) is 10.9 Å². The van der Waals surface area contributed by atoms with Crippen molar-refractivity contribution in [3.05, 3.63) is 30.1 Å². The number of benzene rings is 1. The summed E-state index contributed by atoms with van der Waals surface area (Å²) >= 11 is 0. The van der Waals surface area contributed by atoms with Gasteiger partial charge in [-0.2, -0.15) is 0 Å². The van der Waals surface area contributed by atoms with E-state index in [1.165, 1.54) is 11.0 Å². The van der Waals surface area contributed by atoms with Gasteiger partial charge in [0.25, 0.3) is 0 Å². The van der Waals surface area contributed by atoms with Gasteiger partial charge in [-0.15, -0.1) is 0 Å². The molecule has 0 unspecified atom stereocenters. The van der Waals surface area contributed by atoms with Crippen LogP contribution in [0.1, 0.15) is 33.6 Å². The molecule has 1 aromatic carbocycles. The molecular formula is C15H22FN3O2. The Bertz CT molecular complexity index is 527. The van der Waals surface area contributed by atoms with Crippen molar-refractivity contribution in [1.29, 1.82) is 0 Å². The molecule has 0 saturated heterocycles. The molecule has 5 nitrogen and oxygen atoms in total. The quantitative estimate of drug-likeness (QED) is 0.366. The second-order valence-corrected chi connectivity index (χ2v) is 4.78. The maximum atomic E-state index is 14.0. The van der Waals surface area contributed by atoms with Gasteiger partial charge in [-0.05, 0) is 31.9 Å². The lowest BCUT2D eigenvalue weighted by Crippen LogP contribution is -2.51. The van der Waals surface area contributed by atoms with Crippen molar-refractivity contribution in [2.24, 2.45) is 16.3 Å². The number of nitrogens with two attached hydrogens (primary N) is 1. The number of amides is 1. The van der Waals surface area contributed by atoms with Crippen LogP contribution in [0.5, 0.6) is 0 Å². The van der Waals surface area contributed by atoms with E-state index in [1.807, 2.05) is 0 Å². The maximum absolute atomic E-state index is 14.0. The number of nitrogens with zero attached hydrogens (tertiary/aromatic N) is 2. The SMILES string of the molecule is CCN(C(=O)C(CC)(CC)C(N)=NO)c1ccccc1F. The number of hydrogen-bond acceptors (Lipinski definition) is 3. The Morgan fingerprint density at radius 1 is 1.33 bits per heavy atom. The van der Waals surface area contributed by atoms with Crippen LogP contribution in [0.3, 0.4) is 0 Å². The third-order valence-electron chi connectivity index (χ3n) is 3.92. The molecule has 0 aliphatic heterocycles. The van der Waals surface area contributed by atoms with E-state index in [0.29, 0.717) is 19.4 Å². The van der Waals surface area contributed by atoms with Crippen LogP contribution in [0.15, 0.2) is 29.4 Å². The van der Waals surface area contributed by atoms with Crippen molar-refractivity contribution in [3.63, 3.8) is 0 Å². The number of hydrogen-bond donors (Lipinski definition) is 2. The van der Waals surface area contributed by atoms with E-state index in [1.54, 1.807) is 39.0 Å². The third kappa shape index (κ3) is 2.99. The Morgan fingerprint density at radius 3 is 2.33 bits per heavy atom. The topological polar surface area (TPSA) is 78.9 Å². The standard InChI is InChI=1S/C15H22FN3O2/c1-4-15(5-2,13(17)18-21)14(20)19(6-3)12-10-8-7-9-11(12)16/h7-10,21H,4-6H2,1-3H3,(H2,17,18). The van der Waals surface area contributed by atoms with E-state index in [-0.39, 0.29) is 17.4 Å². The largest absolute Gasteiger partial charge is 0.409 e. The number of para-hydroxylation sites is 1. The first-order chi connectivity index (χ1) is 9.98. The summed E-state index contributed by atoms with van der Waals surface area (Å²) < 4.78 is 14.0. The number of amidine groups is 1. The Morgan fingerprint density at radius 2 is 1.90 bits per heavy atom. The van der Waals surface area contributed by atoms with Crippen molar-refractivity contribution in [2.75, 3.05) is 11.4 Å². The van der Waals surface area contributed by atoms with Crippen LogP contribution in [-0.4, -0.2) is 23.5 Å². The monoisotopic (exact) mass is 295 g/mol. The fourth-order valence-corrected chi connectivity index (χ4v) is 2.47. The Hall–Kier alpha value is -2.11. The molecule has 0 heterocycles. The molecule has 1 aromatic rings. The van der Waals surface area contributed by atoms with E-state index < -0.39 is 11.2 Å². The fraction of sp³-hybridized carbons (Fsp3) is 0.467. The summed E-state index contributed by atoms with van der Waals surface area (Å²) in [6.07, 6.45) is 0.729. The molecule has 21 heavy (non-hydrogen) atoms. The molecule has 0 aromatic heterocycles. The second kappa shape index (κ2) is 7.06. The van der Waals surface area contributed by atoms with Crippen LogP contribution in [-0.2, 0) is 4.79 Å². The van der Waals surface area contributed by atoms with Gasteiger partial charge < -0.3 is 15.8 Å². The van der Waals surface area contributed by atoms with Crippen molar-refractivity contribution in [3.8, 4) is 0 Å². The van der Waals surface area contributed by atoms with E-state index in [9.17, 15) is 9.18 Å².